The van der Waals surface area contributed by atoms with Crippen LogP contribution < -0.4 is 10.6 Å². The first-order chi connectivity index (χ1) is 9.94. The van der Waals surface area contributed by atoms with Gasteiger partial charge in [0.2, 0.25) is 5.91 Å². The minimum Gasteiger partial charge on any atom is -0.480 e. The van der Waals surface area contributed by atoms with Gasteiger partial charge in [0.15, 0.2) is 0 Å². The first kappa shape index (κ1) is 16.3. The van der Waals surface area contributed by atoms with E-state index in [2.05, 4.69) is 17.6 Å². The van der Waals surface area contributed by atoms with E-state index in [1.54, 1.807) is 0 Å². The van der Waals surface area contributed by atoms with Gasteiger partial charge in [0.05, 0.1) is 5.41 Å². The van der Waals surface area contributed by atoms with E-state index in [1.165, 1.54) is 0 Å². The van der Waals surface area contributed by atoms with Crippen LogP contribution in [0.1, 0.15) is 58.8 Å². The molecule has 0 aromatic carbocycles. The van der Waals surface area contributed by atoms with Gasteiger partial charge in [-0.25, -0.2) is 4.79 Å². The lowest BCUT2D eigenvalue weighted by atomic mass is 9.72. The van der Waals surface area contributed by atoms with Gasteiger partial charge in [0.25, 0.3) is 0 Å². The number of carboxylic acids is 1. The van der Waals surface area contributed by atoms with E-state index in [0.29, 0.717) is 18.8 Å². The van der Waals surface area contributed by atoms with Crippen LogP contribution in [0.2, 0.25) is 0 Å². The molecule has 1 aliphatic heterocycles. The first-order valence-electron chi connectivity index (χ1n) is 8.21. The monoisotopic (exact) mass is 296 g/mol. The molecule has 120 valence electrons. The Hall–Kier alpha value is -1.10. The van der Waals surface area contributed by atoms with Gasteiger partial charge in [-0.3, -0.25) is 4.79 Å². The third-order valence-electron chi connectivity index (χ3n) is 5.48. The highest BCUT2D eigenvalue weighted by atomic mass is 16.4. The number of piperidine rings is 1. The minimum absolute atomic E-state index is 0.0528. The van der Waals surface area contributed by atoms with E-state index in [9.17, 15) is 14.7 Å². The van der Waals surface area contributed by atoms with Crippen LogP contribution >= 0.6 is 0 Å². The molecule has 0 bridgehead atoms. The smallest absolute Gasteiger partial charge is 0.329 e. The Labute approximate surface area is 126 Å². The molecular weight excluding hydrogens is 268 g/mol. The number of amides is 1. The molecule has 0 aromatic rings. The number of hydrogen-bond acceptors (Lipinski definition) is 3. The van der Waals surface area contributed by atoms with Gasteiger partial charge in [-0.05, 0) is 51.1 Å². The summed E-state index contributed by atoms with van der Waals surface area (Å²) >= 11 is 0. The van der Waals surface area contributed by atoms with Crippen molar-refractivity contribution >= 4 is 11.9 Å². The third kappa shape index (κ3) is 3.23. The van der Waals surface area contributed by atoms with Crippen molar-refractivity contribution in [3.8, 4) is 0 Å². The zero-order valence-electron chi connectivity index (χ0n) is 13.2. The van der Waals surface area contributed by atoms with E-state index in [-0.39, 0.29) is 5.91 Å². The molecule has 1 saturated heterocycles. The highest BCUT2D eigenvalue weighted by molar-refractivity contribution is 5.90. The molecule has 1 amide bonds. The number of carboxylic acid groups (broad SMARTS) is 1. The highest BCUT2D eigenvalue weighted by Gasteiger charge is 2.47. The lowest BCUT2D eigenvalue weighted by molar-refractivity contribution is -0.152. The lowest BCUT2D eigenvalue weighted by Crippen LogP contribution is -2.61. The third-order valence-corrected chi connectivity index (χ3v) is 5.48. The summed E-state index contributed by atoms with van der Waals surface area (Å²) in [5, 5.41) is 15.9. The molecule has 0 spiro atoms. The van der Waals surface area contributed by atoms with E-state index in [0.717, 1.165) is 45.2 Å². The number of hydrogen-bond donors (Lipinski definition) is 3. The molecular formula is C16H28N2O3. The maximum absolute atomic E-state index is 12.8. The van der Waals surface area contributed by atoms with E-state index in [1.807, 2.05) is 6.92 Å². The number of aliphatic carboxylic acids is 1. The van der Waals surface area contributed by atoms with Gasteiger partial charge in [-0.2, -0.15) is 0 Å². The normalized spacial score (nSPS) is 32.4. The Kier molecular flexibility index (Phi) is 4.91. The summed E-state index contributed by atoms with van der Waals surface area (Å²) in [5.41, 5.74) is -1.45. The number of rotatable bonds is 4. The Balaban J connectivity index is 2.16. The molecule has 2 fully saturated rings. The van der Waals surface area contributed by atoms with Crippen molar-refractivity contribution in [3.63, 3.8) is 0 Å². The predicted molar refractivity (Wildman–Crippen MR) is 81.0 cm³/mol. The summed E-state index contributed by atoms with van der Waals surface area (Å²) in [5.74, 6) is -0.577. The summed E-state index contributed by atoms with van der Waals surface area (Å²) in [4.78, 5) is 24.6. The number of nitrogens with one attached hydrogen (secondary N) is 2. The molecule has 5 nitrogen and oxygen atoms in total. The van der Waals surface area contributed by atoms with Crippen LogP contribution in [0.25, 0.3) is 0 Å². The quantitative estimate of drug-likeness (QED) is 0.740. The topological polar surface area (TPSA) is 78.4 Å². The van der Waals surface area contributed by atoms with Crippen molar-refractivity contribution in [2.45, 2.75) is 64.3 Å². The van der Waals surface area contributed by atoms with Crippen LogP contribution in [0.5, 0.6) is 0 Å². The van der Waals surface area contributed by atoms with E-state index < -0.39 is 16.9 Å². The van der Waals surface area contributed by atoms with Crippen molar-refractivity contribution in [1.82, 2.24) is 10.6 Å². The lowest BCUT2D eigenvalue weighted by Gasteiger charge is -2.42. The molecule has 2 unspecified atom stereocenters. The standard InChI is InChI=1S/C16H28N2O3/c1-3-15(7-9-17-10-8-15)13(19)18-16(14(20)21)6-4-5-12(2)11-16/h12,17H,3-11H2,1-2H3,(H,18,19)(H,20,21). The summed E-state index contributed by atoms with van der Waals surface area (Å²) in [7, 11) is 0. The second kappa shape index (κ2) is 6.34. The van der Waals surface area contributed by atoms with Crippen LogP contribution in [0, 0.1) is 11.3 Å². The molecule has 2 rings (SSSR count). The maximum Gasteiger partial charge on any atom is 0.329 e. The zero-order chi connectivity index (χ0) is 15.5. The van der Waals surface area contributed by atoms with Gasteiger partial charge in [-0.15, -0.1) is 0 Å². The van der Waals surface area contributed by atoms with Crippen LogP contribution in [-0.4, -0.2) is 35.6 Å². The van der Waals surface area contributed by atoms with E-state index in [4.69, 9.17) is 0 Å². The fourth-order valence-corrected chi connectivity index (χ4v) is 3.91. The molecule has 1 heterocycles. The van der Waals surface area contributed by atoms with Crippen molar-refractivity contribution in [2.24, 2.45) is 11.3 Å². The van der Waals surface area contributed by atoms with E-state index >= 15 is 0 Å². The van der Waals surface area contributed by atoms with Crippen LogP contribution in [0.4, 0.5) is 0 Å². The summed E-state index contributed by atoms with van der Waals surface area (Å²) in [6.45, 7) is 5.76. The van der Waals surface area contributed by atoms with Crippen LogP contribution in [0.15, 0.2) is 0 Å². The molecule has 0 aromatic heterocycles. The second-order valence-corrected chi connectivity index (χ2v) is 6.93. The SMILES string of the molecule is CCC1(C(=O)NC2(C(=O)O)CCCC(C)C2)CCNCC1. The largest absolute Gasteiger partial charge is 0.480 e. The average molecular weight is 296 g/mol. The Bertz CT molecular complexity index is 404. The first-order valence-corrected chi connectivity index (χ1v) is 8.21. The second-order valence-electron chi connectivity index (χ2n) is 6.93. The van der Waals surface area contributed by atoms with Crippen LogP contribution in [0.3, 0.4) is 0 Å². The molecule has 21 heavy (non-hydrogen) atoms. The molecule has 0 radical (unpaired) electrons. The fraction of sp³-hybridized carbons (Fsp3) is 0.875. The molecule has 2 aliphatic rings. The average Bonchev–Trinajstić information content (AvgIpc) is 2.47. The predicted octanol–water partition coefficient (Wildman–Crippen LogP) is 1.92. The number of carbonyl (C=O) groups is 2. The zero-order valence-corrected chi connectivity index (χ0v) is 13.2. The van der Waals surface area contributed by atoms with Gasteiger partial charge in [-0.1, -0.05) is 26.7 Å². The van der Waals surface area contributed by atoms with Crippen molar-refractivity contribution < 1.29 is 14.7 Å². The van der Waals surface area contributed by atoms with Crippen molar-refractivity contribution in [2.75, 3.05) is 13.1 Å². The minimum atomic E-state index is -1.05. The fourth-order valence-electron chi connectivity index (χ4n) is 3.91. The molecule has 5 heteroatoms. The Morgan fingerprint density at radius 1 is 1.29 bits per heavy atom. The van der Waals surface area contributed by atoms with Crippen molar-refractivity contribution in [3.05, 3.63) is 0 Å². The Morgan fingerprint density at radius 2 is 1.95 bits per heavy atom. The molecule has 3 N–H and O–H groups in total. The number of carbonyl (C=O) groups excluding carboxylic acids is 1. The maximum atomic E-state index is 12.8. The highest BCUT2D eigenvalue weighted by Crippen LogP contribution is 2.37. The molecule has 2 atom stereocenters. The van der Waals surface area contributed by atoms with Crippen molar-refractivity contribution in [1.29, 1.82) is 0 Å². The molecule has 1 aliphatic carbocycles. The van der Waals surface area contributed by atoms with Crippen LogP contribution in [-0.2, 0) is 9.59 Å². The summed E-state index contributed by atoms with van der Waals surface area (Å²) in [6.07, 6.45) is 5.37. The van der Waals surface area contributed by atoms with Gasteiger partial charge in [0.1, 0.15) is 5.54 Å². The summed E-state index contributed by atoms with van der Waals surface area (Å²) < 4.78 is 0. The van der Waals surface area contributed by atoms with Gasteiger partial charge < -0.3 is 15.7 Å². The molecule has 1 saturated carbocycles. The Morgan fingerprint density at radius 3 is 2.48 bits per heavy atom. The van der Waals surface area contributed by atoms with Gasteiger partial charge >= 0.3 is 5.97 Å². The van der Waals surface area contributed by atoms with Gasteiger partial charge in [0, 0.05) is 0 Å². The summed E-state index contributed by atoms with van der Waals surface area (Å²) in [6, 6.07) is 0.